The summed E-state index contributed by atoms with van der Waals surface area (Å²) < 4.78 is 22.0. The lowest BCUT2D eigenvalue weighted by atomic mass is 10.3. The molecule has 0 bridgehead atoms. The van der Waals surface area contributed by atoms with Crippen molar-refractivity contribution >= 4 is 15.8 Å². The third-order valence-electron chi connectivity index (χ3n) is 1.26. The van der Waals surface area contributed by atoms with E-state index in [9.17, 15) is 13.2 Å². The number of carbonyl (C=O) groups is 1. The highest BCUT2D eigenvalue weighted by Crippen LogP contribution is 2.09. The maximum atomic E-state index is 11.0. The first-order chi connectivity index (χ1) is 5.93. The Morgan fingerprint density at radius 2 is 2.15 bits per heavy atom. The van der Waals surface area contributed by atoms with E-state index in [2.05, 4.69) is 9.97 Å². The number of sulfone groups is 1. The van der Waals surface area contributed by atoms with E-state index in [0.717, 1.165) is 18.8 Å². The lowest BCUT2D eigenvalue weighted by Gasteiger charge is -1.99. The molecule has 1 N–H and O–H groups in total. The Morgan fingerprint density at radius 3 is 2.54 bits per heavy atom. The van der Waals surface area contributed by atoms with E-state index in [1.807, 2.05) is 0 Å². The fourth-order valence-electron chi connectivity index (χ4n) is 0.761. The summed E-state index contributed by atoms with van der Waals surface area (Å²) in [4.78, 5) is 17.3. The average molecular weight is 202 g/mol. The molecule has 7 heteroatoms. The van der Waals surface area contributed by atoms with Crippen LogP contribution in [-0.4, -0.2) is 35.7 Å². The van der Waals surface area contributed by atoms with Gasteiger partial charge in [0.05, 0.1) is 0 Å². The van der Waals surface area contributed by atoms with Crippen molar-refractivity contribution < 1.29 is 18.3 Å². The molecule has 13 heavy (non-hydrogen) atoms. The largest absolute Gasteiger partial charge is 0.478 e. The monoisotopic (exact) mass is 202 g/mol. The minimum absolute atomic E-state index is 0.412. The number of carboxylic acids is 1. The highest BCUT2D eigenvalue weighted by Gasteiger charge is 2.19. The predicted molar refractivity (Wildman–Crippen MR) is 42.1 cm³/mol. The minimum Gasteiger partial charge on any atom is -0.478 e. The Labute approximate surface area is 74.2 Å². The van der Waals surface area contributed by atoms with E-state index >= 15 is 0 Å². The van der Waals surface area contributed by atoms with E-state index in [4.69, 9.17) is 5.11 Å². The van der Waals surface area contributed by atoms with E-state index in [1.54, 1.807) is 0 Å². The Kier molecular flexibility index (Phi) is 2.28. The van der Waals surface area contributed by atoms with Gasteiger partial charge >= 0.3 is 5.97 Å². The van der Waals surface area contributed by atoms with Crippen molar-refractivity contribution in [2.45, 2.75) is 5.03 Å². The maximum Gasteiger partial charge on any atom is 0.340 e. The quantitative estimate of drug-likeness (QED) is 0.654. The molecule has 1 rings (SSSR count). The summed E-state index contributed by atoms with van der Waals surface area (Å²) in [6.07, 6.45) is 2.83. The molecule has 1 aromatic heterocycles. The Balaban J connectivity index is 3.46. The Hall–Kier alpha value is -1.50. The van der Waals surface area contributed by atoms with Crippen LogP contribution in [0.5, 0.6) is 0 Å². The Morgan fingerprint density at radius 1 is 1.54 bits per heavy atom. The summed E-state index contributed by atoms with van der Waals surface area (Å²) in [7, 11) is -3.61. The van der Waals surface area contributed by atoms with Gasteiger partial charge in [0.25, 0.3) is 0 Å². The number of aromatic carboxylic acids is 1. The smallest absolute Gasteiger partial charge is 0.340 e. The summed E-state index contributed by atoms with van der Waals surface area (Å²) >= 11 is 0. The molecule has 0 fully saturated rings. The van der Waals surface area contributed by atoms with Crippen molar-refractivity contribution in [1.82, 2.24) is 9.97 Å². The van der Waals surface area contributed by atoms with Crippen molar-refractivity contribution in [2.75, 3.05) is 6.26 Å². The fourth-order valence-corrected chi connectivity index (χ4v) is 1.54. The molecular formula is C6H6N2O4S. The second kappa shape index (κ2) is 3.09. The van der Waals surface area contributed by atoms with Crippen molar-refractivity contribution in [2.24, 2.45) is 0 Å². The van der Waals surface area contributed by atoms with Crippen molar-refractivity contribution in [1.29, 1.82) is 0 Å². The highest BCUT2D eigenvalue weighted by molar-refractivity contribution is 7.90. The van der Waals surface area contributed by atoms with Crippen LogP contribution in [0, 0.1) is 0 Å². The predicted octanol–water partition coefficient (Wildman–Crippen LogP) is -0.422. The maximum absolute atomic E-state index is 11.0. The summed E-state index contributed by atoms with van der Waals surface area (Å²) in [5.74, 6) is -1.36. The van der Waals surface area contributed by atoms with Gasteiger partial charge in [-0.05, 0) is 0 Å². The summed E-state index contributed by atoms with van der Waals surface area (Å²) in [5.41, 5.74) is -0.412. The molecular weight excluding hydrogens is 196 g/mol. The summed E-state index contributed by atoms with van der Waals surface area (Å²) in [6.45, 7) is 0. The number of hydrogen-bond donors (Lipinski definition) is 1. The van der Waals surface area contributed by atoms with Crippen molar-refractivity contribution in [3.8, 4) is 0 Å². The zero-order chi connectivity index (χ0) is 10.1. The minimum atomic E-state index is -3.61. The molecule has 1 aromatic rings. The molecule has 0 unspecified atom stereocenters. The van der Waals surface area contributed by atoms with Gasteiger partial charge in [-0.2, -0.15) is 0 Å². The first kappa shape index (κ1) is 9.59. The zero-order valence-electron chi connectivity index (χ0n) is 6.63. The van der Waals surface area contributed by atoms with Crippen molar-refractivity contribution in [3.63, 3.8) is 0 Å². The van der Waals surface area contributed by atoms with Crippen LogP contribution in [-0.2, 0) is 9.84 Å². The van der Waals surface area contributed by atoms with Crippen molar-refractivity contribution in [3.05, 3.63) is 18.1 Å². The molecule has 6 nitrogen and oxygen atoms in total. The number of nitrogens with zero attached hydrogens (tertiary/aromatic N) is 2. The van der Waals surface area contributed by atoms with Gasteiger partial charge < -0.3 is 5.11 Å². The van der Waals surface area contributed by atoms with E-state index in [-0.39, 0.29) is 0 Å². The molecule has 0 saturated carbocycles. The molecule has 0 saturated heterocycles. The lowest BCUT2D eigenvalue weighted by Crippen LogP contribution is -2.10. The topological polar surface area (TPSA) is 97.2 Å². The fraction of sp³-hybridized carbons (Fsp3) is 0.167. The Bertz CT molecular complexity index is 440. The van der Waals surface area contributed by atoms with Gasteiger partial charge in [0.2, 0.25) is 0 Å². The first-order valence-corrected chi connectivity index (χ1v) is 5.05. The number of carboxylic acid groups (broad SMARTS) is 1. The molecule has 0 amide bonds. The normalized spacial score (nSPS) is 11.2. The third kappa shape index (κ3) is 2.00. The lowest BCUT2D eigenvalue weighted by molar-refractivity contribution is 0.0691. The van der Waals surface area contributed by atoms with Gasteiger partial charge in [0.1, 0.15) is 11.9 Å². The number of aromatic nitrogens is 2. The van der Waals surface area contributed by atoms with E-state index in [1.165, 1.54) is 0 Å². The van der Waals surface area contributed by atoms with Gasteiger partial charge in [-0.3, -0.25) is 0 Å². The molecule has 0 aliphatic rings. The van der Waals surface area contributed by atoms with E-state index < -0.39 is 26.4 Å². The van der Waals surface area contributed by atoms with Gasteiger partial charge in [-0.25, -0.2) is 23.2 Å². The summed E-state index contributed by atoms with van der Waals surface area (Å²) in [5, 5.41) is 8.12. The van der Waals surface area contributed by atoms with Gasteiger partial charge in [0, 0.05) is 12.5 Å². The van der Waals surface area contributed by atoms with Gasteiger partial charge in [-0.1, -0.05) is 0 Å². The van der Waals surface area contributed by atoms with Crippen LogP contribution in [0.4, 0.5) is 0 Å². The second-order valence-corrected chi connectivity index (χ2v) is 4.25. The van der Waals surface area contributed by atoms with Crippen LogP contribution >= 0.6 is 0 Å². The molecule has 0 aliphatic heterocycles. The standard InChI is InChI=1S/C6H6N2O4S/c1-13(11,12)5-4(6(9)10)2-7-3-8-5/h2-3H,1H3,(H,9,10). The molecule has 0 aromatic carbocycles. The van der Waals surface area contributed by atoms with Crippen LogP contribution < -0.4 is 0 Å². The number of hydrogen-bond acceptors (Lipinski definition) is 5. The molecule has 1 heterocycles. The molecule has 0 radical (unpaired) electrons. The zero-order valence-corrected chi connectivity index (χ0v) is 7.45. The van der Waals surface area contributed by atoms with Gasteiger partial charge in [0.15, 0.2) is 14.9 Å². The van der Waals surface area contributed by atoms with Crippen LogP contribution in [0.2, 0.25) is 0 Å². The highest BCUT2D eigenvalue weighted by atomic mass is 32.2. The van der Waals surface area contributed by atoms with Crippen LogP contribution in [0.15, 0.2) is 17.6 Å². The SMILES string of the molecule is CS(=O)(=O)c1ncncc1C(=O)O. The van der Waals surface area contributed by atoms with E-state index in [0.29, 0.717) is 0 Å². The third-order valence-corrected chi connectivity index (χ3v) is 2.29. The average Bonchev–Trinajstić information content (AvgIpc) is 2.03. The molecule has 0 aliphatic carbocycles. The number of rotatable bonds is 2. The summed E-state index contributed by atoms with van der Waals surface area (Å²) in [6, 6.07) is 0. The van der Waals surface area contributed by atoms with Crippen LogP contribution in [0.3, 0.4) is 0 Å². The second-order valence-electron chi connectivity index (χ2n) is 2.32. The first-order valence-electron chi connectivity index (χ1n) is 3.16. The van der Waals surface area contributed by atoms with Crippen LogP contribution in [0.1, 0.15) is 10.4 Å². The van der Waals surface area contributed by atoms with Gasteiger partial charge in [-0.15, -0.1) is 0 Å². The molecule has 70 valence electrons. The molecule has 0 atom stereocenters. The van der Waals surface area contributed by atoms with Crippen LogP contribution in [0.25, 0.3) is 0 Å². The molecule has 0 spiro atoms.